The first-order chi connectivity index (χ1) is 8.83. The van der Waals surface area contributed by atoms with Gasteiger partial charge in [0.25, 0.3) is 5.91 Å². The van der Waals surface area contributed by atoms with Crippen molar-refractivity contribution in [3.8, 4) is 5.75 Å². The van der Waals surface area contributed by atoms with E-state index in [1.807, 2.05) is 24.3 Å². The van der Waals surface area contributed by atoms with Crippen LogP contribution < -0.4 is 15.4 Å². The van der Waals surface area contributed by atoms with Gasteiger partial charge in [0.05, 0.1) is 5.69 Å². The fraction of sp³-hybridized carbons (Fsp3) is 0.500. The van der Waals surface area contributed by atoms with Crippen molar-refractivity contribution in [1.29, 1.82) is 0 Å². The van der Waals surface area contributed by atoms with E-state index in [4.69, 9.17) is 4.74 Å². The van der Waals surface area contributed by atoms with E-state index < -0.39 is 0 Å². The lowest BCUT2D eigenvalue weighted by molar-refractivity contribution is -0.124. The average molecular weight is 246 g/mol. The van der Waals surface area contributed by atoms with Gasteiger partial charge in [0.1, 0.15) is 5.75 Å². The van der Waals surface area contributed by atoms with Gasteiger partial charge < -0.3 is 15.4 Å². The van der Waals surface area contributed by atoms with E-state index in [0.29, 0.717) is 5.92 Å². The molecular weight excluding hydrogens is 228 g/mol. The molecule has 0 spiro atoms. The molecule has 1 aromatic carbocycles. The minimum atomic E-state index is -0.331. The third-order valence-electron chi connectivity index (χ3n) is 3.71. The number of rotatable bonds is 2. The topological polar surface area (TPSA) is 50.4 Å². The van der Waals surface area contributed by atoms with Crippen molar-refractivity contribution >= 4 is 11.6 Å². The number of para-hydroxylation sites is 2. The number of fused-ring (bicyclic) bond motifs is 1. The molecule has 1 aromatic rings. The van der Waals surface area contributed by atoms with Crippen molar-refractivity contribution in [3.05, 3.63) is 24.3 Å². The van der Waals surface area contributed by atoms with Crippen molar-refractivity contribution in [2.75, 3.05) is 18.4 Å². The SMILES string of the molecule is O=C1Nc2ccccc2OC1CC1CCNCC1. The highest BCUT2D eigenvalue weighted by atomic mass is 16.5. The maximum absolute atomic E-state index is 12.0. The van der Waals surface area contributed by atoms with Crippen molar-refractivity contribution in [2.24, 2.45) is 5.92 Å². The predicted molar refractivity (Wildman–Crippen MR) is 69.7 cm³/mol. The van der Waals surface area contributed by atoms with Gasteiger partial charge in [0.15, 0.2) is 6.10 Å². The fourth-order valence-corrected chi connectivity index (χ4v) is 2.67. The normalized spacial score (nSPS) is 24.0. The van der Waals surface area contributed by atoms with E-state index in [2.05, 4.69) is 10.6 Å². The van der Waals surface area contributed by atoms with Gasteiger partial charge in [-0.2, -0.15) is 0 Å². The summed E-state index contributed by atoms with van der Waals surface area (Å²) in [4.78, 5) is 12.0. The molecule has 1 amide bonds. The van der Waals surface area contributed by atoms with Crippen LogP contribution >= 0.6 is 0 Å². The lowest BCUT2D eigenvalue weighted by Gasteiger charge is -2.30. The summed E-state index contributed by atoms with van der Waals surface area (Å²) in [5.41, 5.74) is 0.782. The van der Waals surface area contributed by atoms with Crippen molar-refractivity contribution < 1.29 is 9.53 Å². The van der Waals surface area contributed by atoms with Crippen LogP contribution in [0.4, 0.5) is 5.69 Å². The monoisotopic (exact) mass is 246 g/mol. The number of anilines is 1. The molecule has 0 bridgehead atoms. The molecule has 1 unspecified atom stereocenters. The van der Waals surface area contributed by atoms with E-state index in [-0.39, 0.29) is 12.0 Å². The zero-order valence-corrected chi connectivity index (χ0v) is 10.3. The number of carbonyl (C=O) groups is 1. The van der Waals surface area contributed by atoms with Gasteiger partial charge in [-0.3, -0.25) is 4.79 Å². The molecule has 3 rings (SSSR count). The largest absolute Gasteiger partial charge is 0.478 e. The first-order valence-corrected chi connectivity index (χ1v) is 6.60. The quantitative estimate of drug-likeness (QED) is 0.836. The van der Waals surface area contributed by atoms with E-state index in [0.717, 1.165) is 43.8 Å². The van der Waals surface area contributed by atoms with E-state index in [9.17, 15) is 4.79 Å². The number of ether oxygens (including phenoxy) is 1. The molecule has 18 heavy (non-hydrogen) atoms. The first kappa shape index (κ1) is 11.5. The summed E-state index contributed by atoms with van der Waals surface area (Å²) in [6.07, 6.45) is 2.76. The third kappa shape index (κ3) is 2.34. The van der Waals surface area contributed by atoms with Crippen molar-refractivity contribution in [1.82, 2.24) is 5.32 Å². The van der Waals surface area contributed by atoms with Crippen LogP contribution in [0, 0.1) is 5.92 Å². The molecule has 0 radical (unpaired) electrons. The molecule has 1 fully saturated rings. The summed E-state index contributed by atoms with van der Waals surface area (Å²) in [6, 6.07) is 7.60. The number of piperidine rings is 1. The van der Waals surface area contributed by atoms with E-state index in [1.54, 1.807) is 0 Å². The summed E-state index contributed by atoms with van der Waals surface area (Å²) in [6.45, 7) is 2.10. The van der Waals surface area contributed by atoms with Gasteiger partial charge in [-0.1, -0.05) is 12.1 Å². The smallest absolute Gasteiger partial charge is 0.265 e. The minimum Gasteiger partial charge on any atom is -0.478 e. The Bertz CT molecular complexity index is 441. The van der Waals surface area contributed by atoms with Crippen LogP contribution in [0.25, 0.3) is 0 Å². The summed E-state index contributed by atoms with van der Waals surface area (Å²) in [5, 5.41) is 6.26. The number of carbonyl (C=O) groups excluding carboxylic acids is 1. The molecular formula is C14H18N2O2. The average Bonchev–Trinajstić information content (AvgIpc) is 2.41. The summed E-state index contributed by atoms with van der Waals surface area (Å²) >= 11 is 0. The summed E-state index contributed by atoms with van der Waals surface area (Å²) in [7, 11) is 0. The van der Waals surface area contributed by atoms with Crippen LogP contribution in [-0.4, -0.2) is 25.1 Å². The molecule has 0 saturated carbocycles. The lowest BCUT2D eigenvalue weighted by atomic mass is 9.91. The number of hydrogen-bond acceptors (Lipinski definition) is 3. The second-order valence-corrected chi connectivity index (χ2v) is 5.02. The van der Waals surface area contributed by atoms with Crippen LogP contribution in [0.3, 0.4) is 0 Å². The van der Waals surface area contributed by atoms with Gasteiger partial charge in [0.2, 0.25) is 0 Å². The van der Waals surface area contributed by atoms with Crippen LogP contribution in [0.5, 0.6) is 5.75 Å². The Labute approximate surface area is 107 Å². The Balaban J connectivity index is 1.68. The molecule has 2 aliphatic heterocycles. The Morgan fingerprint density at radius 2 is 2.00 bits per heavy atom. The second kappa shape index (κ2) is 4.98. The van der Waals surface area contributed by atoms with Crippen LogP contribution in [-0.2, 0) is 4.79 Å². The first-order valence-electron chi connectivity index (χ1n) is 6.60. The van der Waals surface area contributed by atoms with Crippen LogP contribution in [0.15, 0.2) is 24.3 Å². The summed E-state index contributed by atoms with van der Waals surface area (Å²) < 4.78 is 5.81. The highest BCUT2D eigenvalue weighted by Crippen LogP contribution is 2.31. The second-order valence-electron chi connectivity index (χ2n) is 5.02. The summed E-state index contributed by atoms with van der Waals surface area (Å²) in [5.74, 6) is 1.37. The predicted octanol–water partition coefficient (Wildman–Crippen LogP) is 1.78. The van der Waals surface area contributed by atoms with E-state index in [1.165, 1.54) is 0 Å². The molecule has 1 atom stereocenters. The third-order valence-corrected chi connectivity index (χ3v) is 3.71. The highest BCUT2D eigenvalue weighted by Gasteiger charge is 2.30. The molecule has 96 valence electrons. The maximum atomic E-state index is 12.0. The van der Waals surface area contributed by atoms with Crippen molar-refractivity contribution in [3.63, 3.8) is 0 Å². The lowest BCUT2D eigenvalue weighted by Crippen LogP contribution is -2.40. The highest BCUT2D eigenvalue weighted by molar-refractivity contribution is 5.97. The number of amides is 1. The Kier molecular flexibility index (Phi) is 3.19. The van der Waals surface area contributed by atoms with E-state index >= 15 is 0 Å². The van der Waals surface area contributed by atoms with Crippen LogP contribution in [0.1, 0.15) is 19.3 Å². The Morgan fingerprint density at radius 1 is 1.22 bits per heavy atom. The van der Waals surface area contributed by atoms with Gasteiger partial charge in [-0.25, -0.2) is 0 Å². The van der Waals surface area contributed by atoms with Crippen LogP contribution in [0.2, 0.25) is 0 Å². The maximum Gasteiger partial charge on any atom is 0.265 e. The number of benzene rings is 1. The molecule has 2 N–H and O–H groups in total. The van der Waals surface area contributed by atoms with Gasteiger partial charge in [-0.05, 0) is 50.4 Å². The molecule has 4 heteroatoms. The van der Waals surface area contributed by atoms with Gasteiger partial charge >= 0.3 is 0 Å². The Hall–Kier alpha value is -1.55. The Morgan fingerprint density at radius 3 is 2.83 bits per heavy atom. The standard InChI is InChI=1S/C14H18N2O2/c17-14-13(9-10-5-7-15-8-6-10)18-12-4-2-1-3-11(12)16-14/h1-4,10,13,15H,5-9H2,(H,16,17). The number of nitrogens with one attached hydrogen (secondary N) is 2. The zero-order valence-electron chi connectivity index (χ0n) is 10.3. The molecule has 0 aromatic heterocycles. The molecule has 1 saturated heterocycles. The fourth-order valence-electron chi connectivity index (χ4n) is 2.67. The van der Waals surface area contributed by atoms with Crippen molar-refractivity contribution in [2.45, 2.75) is 25.4 Å². The van der Waals surface area contributed by atoms with Gasteiger partial charge in [-0.15, -0.1) is 0 Å². The molecule has 2 heterocycles. The number of hydrogen-bond donors (Lipinski definition) is 2. The molecule has 2 aliphatic rings. The molecule has 4 nitrogen and oxygen atoms in total. The van der Waals surface area contributed by atoms with Gasteiger partial charge in [0, 0.05) is 0 Å². The molecule has 0 aliphatic carbocycles. The zero-order chi connectivity index (χ0) is 12.4. The minimum absolute atomic E-state index is 0.00719.